The maximum absolute atomic E-state index is 8.85. The maximum Gasteiger partial charge on any atom is 1.00 e. The minimum atomic E-state index is -4.42. The predicted octanol–water partition coefficient (Wildman–Crippen LogP) is -8.09. The second-order valence-electron chi connectivity index (χ2n) is 0.493. The summed E-state index contributed by atoms with van der Waals surface area (Å²) in [5, 5.41) is 3.77. The van der Waals surface area contributed by atoms with Crippen molar-refractivity contribution in [2.24, 2.45) is 5.14 Å². The van der Waals surface area contributed by atoms with Crippen LogP contribution in [0.5, 0.6) is 0 Å². The molecule has 0 fully saturated rings. The summed E-state index contributed by atoms with van der Waals surface area (Å²) < 4.78 is 34.3. The molecule has 2 N–H and O–H groups in total. The summed E-state index contributed by atoms with van der Waals surface area (Å²) in [7, 11) is -4.42. The molecule has 0 rings (SSSR count). The van der Waals surface area contributed by atoms with Gasteiger partial charge in [-0.15, -0.1) is 0 Å². The van der Waals surface area contributed by atoms with Crippen molar-refractivity contribution in [1.29, 1.82) is 0 Å². The summed E-state index contributed by atoms with van der Waals surface area (Å²) >= 11 is 3.39. The van der Waals surface area contributed by atoms with Crippen LogP contribution in [0, 0.1) is 0 Å². The van der Waals surface area contributed by atoms with E-state index in [1.54, 1.807) is 0 Å². The van der Waals surface area contributed by atoms with E-state index in [1.807, 2.05) is 0 Å². The van der Waals surface area contributed by atoms with Gasteiger partial charge in [-0.05, 0) is 0 Å². The second-order valence-corrected chi connectivity index (χ2v) is 1.48. The topological polar surface area (TPSA) is 106 Å². The van der Waals surface area contributed by atoms with Crippen molar-refractivity contribution in [3.8, 4) is 0 Å². The fourth-order valence-corrected chi connectivity index (χ4v) is 0. The number of hydrogen-bond acceptors (Lipinski definition) is 4. The molecule has 0 aliphatic rings. The quantitative estimate of drug-likeness (QED) is 0.305. The van der Waals surface area contributed by atoms with Crippen molar-refractivity contribution in [3.05, 3.63) is 0 Å². The van der Waals surface area contributed by atoms with Gasteiger partial charge in [0.2, 0.25) is 0 Å². The molecule has 0 saturated carbocycles. The number of nitrogens with two attached hydrogens (primary N) is 1. The molecule has 0 aliphatic carbocycles. The summed E-state index contributed by atoms with van der Waals surface area (Å²) in [5.74, 6) is 0. The van der Waals surface area contributed by atoms with Gasteiger partial charge in [-0.3, -0.25) is 0 Å². The zero-order valence-corrected chi connectivity index (χ0v) is 10.6. The molecule has 9 heteroatoms. The predicted molar refractivity (Wildman–Crippen MR) is 19.7 cm³/mol. The Hall–Kier alpha value is 2.12. The Morgan fingerprint density at radius 2 is 1.22 bits per heavy atom. The minimum absolute atomic E-state index is 0. The average molecular weight is 194 g/mol. The van der Waals surface area contributed by atoms with Gasteiger partial charge in [0, 0.05) is 0 Å². The Bertz CT molecular complexity index is 102. The SMILES string of the molecule is NS(=O)(=O)[O-].[Na+].[Na+].[O-]Cl. The van der Waals surface area contributed by atoms with E-state index in [2.05, 4.69) is 17.0 Å². The van der Waals surface area contributed by atoms with E-state index < -0.39 is 10.3 Å². The molecule has 0 heterocycles. The first-order chi connectivity index (χ1) is 3.00. The van der Waals surface area contributed by atoms with Crippen LogP contribution >= 0.6 is 11.9 Å². The molecule has 0 aromatic carbocycles. The van der Waals surface area contributed by atoms with Crippen molar-refractivity contribution in [3.63, 3.8) is 0 Å². The van der Waals surface area contributed by atoms with Crippen LogP contribution in [0.2, 0.25) is 0 Å². The van der Waals surface area contributed by atoms with Crippen molar-refractivity contribution in [1.82, 2.24) is 0 Å². The molecule has 0 saturated heterocycles. The standard InChI is InChI=1S/ClO.H3NO3S.2Na/c1-2;1-5(2,3)4;;/h;(H3,1,2,3,4);;/q-1;;2*+1/p-1. The van der Waals surface area contributed by atoms with Crippen LogP contribution in [-0.4, -0.2) is 13.0 Å². The van der Waals surface area contributed by atoms with Gasteiger partial charge in [0.05, 0.1) is 0 Å². The summed E-state index contributed by atoms with van der Waals surface area (Å²) in [5.41, 5.74) is 0. The molecular weight excluding hydrogens is 192 g/mol. The first-order valence-electron chi connectivity index (χ1n) is 0.890. The molecule has 0 aromatic rings. The molecule has 0 spiro atoms. The van der Waals surface area contributed by atoms with Crippen LogP contribution in [0.25, 0.3) is 0 Å². The fourth-order valence-electron chi connectivity index (χ4n) is 0. The molecule has 0 unspecified atom stereocenters. The van der Waals surface area contributed by atoms with E-state index in [4.69, 9.17) is 17.6 Å². The minimum Gasteiger partial charge on any atom is -0.769 e. The van der Waals surface area contributed by atoms with Crippen LogP contribution in [0.3, 0.4) is 0 Å². The normalized spacial score (nSPS) is 7.11. The first kappa shape index (κ1) is 22.5. The summed E-state index contributed by atoms with van der Waals surface area (Å²) in [4.78, 5) is 0. The summed E-state index contributed by atoms with van der Waals surface area (Å²) in [6.07, 6.45) is 0. The van der Waals surface area contributed by atoms with E-state index in [1.165, 1.54) is 0 Å². The molecule has 0 aliphatic heterocycles. The second kappa shape index (κ2) is 12.8. The Morgan fingerprint density at radius 3 is 1.22 bits per heavy atom. The van der Waals surface area contributed by atoms with Crippen LogP contribution in [0.15, 0.2) is 0 Å². The van der Waals surface area contributed by atoms with Crippen molar-refractivity contribution >= 4 is 22.2 Å². The van der Waals surface area contributed by atoms with Crippen LogP contribution in [0.4, 0.5) is 0 Å². The van der Waals surface area contributed by atoms with E-state index in [9.17, 15) is 0 Å². The van der Waals surface area contributed by atoms with Gasteiger partial charge in [0.25, 0.3) is 0 Å². The Kier molecular flexibility index (Phi) is 31.9. The third kappa shape index (κ3) is 148. The van der Waals surface area contributed by atoms with Crippen LogP contribution in [0.1, 0.15) is 0 Å². The van der Waals surface area contributed by atoms with Gasteiger partial charge >= 0.3 is 59.1 Å². The molecule has 0 amide bonds. The van der Waals surface area contributed by atoms with Crippen molar-refractivity contribution in [2.45, 2.75) is 0 Å². The molecule has 9 heavy (non-hydrogen) atoms. The molecule has 46 valence electrons. The smallest absolute Gasteiger partial charge is 0.769 e. The van der Waals surface area contributed by atoms with E-state index in [0.717, 1.165) is 0 Å². The molecule has 0 bridgehead atoms. The van der Waals surface area contributed by atoms with E-state index in [0.29, 0.717) is 0 Å². The van der Waals surface area contributed by atoms with Gasteiger partial charge in [0.1, 0.15) is 0 Å². The molecule has 5 nitrogen and oxygen atoms in total. The summed E-state index contributed by atoms with van der Waals surface area (Å²) in [6, 6.07) is 0. The third-order valence-corrected chi connectivity index (χ3v) is 0. The molecular formula is H2ClNNa2O4S. The Morgan fingerprint density at radius 1 is 1.22 bits per heavy atom. The maximum atomic E-state index is 8.85. The largest absolute Gasteiger partial charge is 1.00 e. The number of halogens is 1. The molecule has 0 radical (unpaired) electrons. The zero-order valence-electron chi connectivity index (χ0n) is 5.00. The van der Waals surface area contributed by atoms with Gasteiger partial charge in [-0.2, -0.15) is 0 Å². The monoisotopic (exact) mass is 193 g/mol. The fraction of sp³-hybridized carbons (Fsp3) is 0. The molecule has 0 atom stereocenters. The Balaban J connectivity index is -0.0000000286. The average Bonchev–Trinajstić information content (AvgIpc) is 1.36. The summed E-state index contributed by atoms with van der Waals surface area (Å²) in [6.45, 7) is 0. The van der Waals surface area contributed by atoms with Gasteiger partial charge in [-0.25, -0.2) is 25.4 Å². The van der Waals surface area contributed by atoms with Crippen LogP contribution in [-0.2, 0) is 10.3 Å². The Labute approximate surface area is 103 Å². The van der Waals surface area contributed by atoms with Crippen molar-refractivity contribution < 1.29 is 76.7 Å². The number of rotatable bonds is 0. The van der Waals surface area contributed by atoms with Crippen LogP contribution < -0.4 is 68.9 Å². The van der Waals surface area contributed by atoms with E-state index in [-0.39, 0.29) is 59.1 Å². The van der Waals surface area contributed by atoms with Crippen molar-refractivity contribution in [2.75, 3.05) is 0 Å². The van der Waals surface area contributed by atoms with Gasteiger partial charge < -0.3 is 9.21 Å². The molecule has 0 aromatic heterocycles. The van der Waals surface area contributed by atoms with E-state index >= 15 is 0 Å². The van der Waals surface area contributed by atoms with Gasteiger partial charge in [-0.1, -0.05) is 0 Å². The third-order valence-electron chi connectivity index (χ3n) is 0. The number of hydrogen-bond donors (Lipinski definition) is 1. The zero-order chi connectivity index (χ0) is 6.50. The van der Waals surface area contributed by atoms with Gasteiger partial charge in [0.15, 0.2) is 10.3 Å². The first-order valence-corrected chi connectivity index (χ1v) is 2.67.